The molecule has 0 saturated carbocycles. The summed E-state index contributed by atoms with van der Waals surface area (Å²) >= 11 is 3.86. The fraction of sp³-hybridized carbons (Fsp3) is 0.350. The summed E-state index contributed by atoms with van der Waals surface area (Å²) in [6.07, 6.45) is 5.82. The molecule has 0 fully saturated rings. The summed E-state index contributed by atoms with van der Waals surface area (Å²) in [6, 6.07) is 8.82. The average molecular weight is 353 g/mol. The van der Waals surface area contributed by atoms with Crippen LogP contribution in [0, 0.1) is 12.8 Å². The lowest BCUT2D eigenvalue weighted by molar-refractivity contribution is 0.500. The van der Waals surface area contributed by atoms with Crippen molar-refractivity contribution in [3.05, 3.63) is 56.8 Å². The largest absolute Gasteiger partial charge is 0.314 e. The van der Waals surface area contributed by atoms with Gasteiger partial charge in [0, 0.05) is 10.4 Å². The molecule has 4 heteroatoms. The Balaban J connectivity index is 1.53. The number of hydrogen-bond acceptors (Lipinski definition) is 4. The van der Waals surface area contributed by atoms with Crippen molar-refractivity contribution < 1.29 is 0 Å². The zero-order chi connectivity index (χ0) is 16.3. The van der Waals surface area contributed by atoms with Crippen molar-refractivity contribution >= 4 is 40.1 Å². The molecule has 2 atom stereocenters. The first-order valence-electron chi connectivity index (χ1n) is 8.60. The second-order valence-electron chi connectivity index (χ2n) is 7.08. The topological polar surface area (TPSA) is 15.6 Å². The summed E-state index contributed by atoms with van der Waals surface area (Å²) in [5, 5.41) is 3.94. The van der Waals surface area contributed by atoms with Gasteiger partial charge in [-0.05, 0) is 48.6 Å². The van der Waals surface area contributed by atoms with Crippen molar-refractivity contribution in [2.75, 3.05) is 0 Å². The van der Waals surface area contributed by atoms with Crippen molar-refractivity contribution in [1.82, 2.24) is 4.90 Å². The first-order chi connectivity index (χ1) is 11.7. The van der Waals surface area contributed by atoms with E-state index in [1.54, 1.807) is 10.4 Å². The molecule has 0 spiro atoms. The monoisotopic (exact) mass is 352 g/mol. The Labute approximate surface area is 151 Å². The van der Waals surface area contributed by atoms with Gasteiger partial charge in [-0.15, -0.1) is 23.1 Å². The number of aliphatic imine (C=N–C) groups is 1. The number of fused-ring (bicyclic) bond motifs is 5. The zero-order valence-electron chi connectivity index (χ0n) is 14.0. The van der Waals surface area contributed by atoms with Gasteiger partial charge in [-0.2, -0.15) is 0 Å². The molecule has 2 nitrogen and oxygen atoms in total. The van der Waals surface area contributed by atoms with Gasteiger partial charge in [0.2, 0.25) is 0 Å². The first kappa shape index (κ1) is 14.8. The molecule has 0 saturated heterocycles. The highest BCUT2D eigenvalue weighted by atomic mass is 32.2. The minimum Gasteiger partial charge on any atom is -0.314 e. The van der Waals surface area contributed by atoms with Crippen LogP contribution in [0.15, 0.2) is 34.7 Å². The van der Waals surface area contributed by atoms with Gasteiger partial charge in [0.05, 0.1) is 12.0 Å². The number of aryl methyl sites for hydroxylation is 1. The van der Waals surface area contributed by atoms with E-state index < -0.39 is 0 Å². The summed E-state index contributed by atoms with van der Waals surface area (Å²) < 4.78 is 0. The molecule has 1 aromatic carbocycles. The lowest BCUT2D eigenvalue weighted by Crippen LogP contribution is -2.23. The van der Waals surface area contributed by atoms with E-state index in [-0.39, 0.29) is 0 Å². The lowest BCUT2D eigenvalue weighted by Gasteiger charge is -2.29. The van der Waals surface area contributed by atoms with Crippen molar-refractivity contribution in [1.29, 1.82) is 0 Å². The molecular weight excluding hydrogens is 332 g/mol. The van der Waals surface area contributed by atoms with Crippen LogP contribution in [0.3, 0.4) is 0 Å². The van der Waals surface area contributed by atoms with Gasteiger partial charge in [-0.3, -0.25) is 0 Å². The summed E-state index contributed by atoms with van der Waals surface area (Å²) in [7, 11) is 0. The third-order valence-electron chi connectivity index (χ3n) is 5.27. The third kappa shape index (κ3) is 2.20. The Hall–Kier alpha value is -1.52. The second-order valence-corrected chi connectivity index (χ2v) is 9.12. The molecule has 2 aliphatic heterocycles. The van der Waals surface area contributed by atoms with E-state index in [1.165, 1.54) is 46.7 Å². The number of nitrogens with zero attached hydrogens (tertiary/aromatic N) is 2. The first-order valence-corrected chi connectivity index (χ1v) is 10.4. The van der Waals surface area contributed by atoms with E-state index in [2.05, 4.69) is 48.4 Å². The van der Waals surface area contributed by atoms with Gasteiger partial charge in [0.15, 0.2) is 0 Å². The predicted octanol–water partition coefficient (Wildman–Crippen LogP) is 5.90. The molecule has 0 radical (unpaired) electrons. The van der Waals surface area contributed by atoms with Crippen molar-refractivity contribution in [3.63, 3.8) is 0 Å². The summed E-state index contributed by atoms with van der Waals surface area (Å²) in [5.74, 6) is 0.815. The normalized spacial score (nSPS) is 24.4. The van der Waals surface area contributed by atoms with Gasteiger partial charge < -0.3 is 4.90 Å². The van der Waals surface area contributed by atoms with Crippen molar-refractivity contribution in [2.24, 2.45) is 10.9 Å². The van der Waals surface area contributed by atoms with Crippen LogP contribution in [0.1, 0.15) is 45.8 Å². The molecule has 1 aliphatic carbocycles. The Kier molecular flexibility index (Phi) is 3.39. The molecule has 0 N–H and O–H groups in total. The Bertz CT molecular complexity index is 861. The average Bonchev–Trinajstić information content (AvgIpc) is 3.15. The predicted molar refractivity (Wildman–Crippen MR) is 105 cm³/mol. The Morgan fingerprint density at radius 2 is 2.04 bits per heavy atom. The molecule has 5 rings (SSSR count). The maximum absolute atomic E-state index is 4.82. The highest BCUT2D eigenvalue weighted by Gasteiger charge is 2.37. The summed E-state index contributed by atoms with van der Waals surface area (Å²) in [4.78, 5) is 8.77. The second kappa shape index (κ2) is 5.50. The van der Waals surface area contributed by atoms with Gasteiger partial charge in [0.25, 0.3) is 0 Å². The highest BCUT2D eigenvalue weighted by Crippen LogP contribution is 2.55. The SMILES string of the molecule is Cc1ccc(C2=CS[C@H]3c4c(sc5c4CC[C@H](C)C5)N=CN23)cc1. The number of thiophene rings is 1. The molecule has 0 amide bonds. The molecule has 122 valence electrons. The molecule has 3 heterocycles. The number of benzene rings is 1. The number of thioether (sulfide) groups is 1. The smallest absolute Gasteiger partial charge is 0.124 e. The van der Waals surface area contributed by atoms with Crippen LogP contribution in [0.25, 0.3) is 5.70 Å². The Morgan fingerprint density at radius 1 is 1.21 bits per heavy atom. The van der Waals surface area contributed by atoms with E-state index >= 15 is 0 Å². The molecule has 24 heavy (non-hydrogen) atoms. The minimum absolute atomic E-state index is 0.377. The lowest BCUT2D eigenvalue weighted by atomic mass is 9.88. The highest BCUT2D eigenvalue weighted by molar-refractivity contribution is 8.02. The van der Waals surface area contributed by atoms with E-state index in [1.807, 2.05) is 29.4 Å². The summed E-state index contributed by atoms with van der Waals surface area (Å²) in [5.41, 5.74) is 6.96. The minimum atomic E-state index is 0.377. The standard InChI is InChI=1S/C20H20N2S2/c1-12-3-6-14(7-4-12)16-10-23-20-18-15-8-5-13(2)9-17(15)24-19(18)21-11-22(16)20/h3-4,6-7,10-11,13,20H,5,8-9H2,1-2H3/t13-,20-/m0/s1. The van der Waals surface area contributed by atoms with E-state index in [0.29, 0.717) is 5.37 Å². The quantitative estimate of drug-likeness (QED) is 0.635. The number of hydrogen-bond donors (Lipinski definition) is 0. The molecule has 2 aromatic rings. The molecule has 0 unspecified atom stereocenters. The third-order valence-corrected chi connectivity index (χ3v) is 7.52. The van der Waals surface area contributed by atoms with Crippen LogP contribution in [-0.4, -0.2) is 11.2 Å². The molecule has 1 aromatic heterocycles. The van der Waals surface area contributed by atoms with E-state index in [9.17, 15) is 0 Å². The van der Waals surface area contributed by atoms with E-state index in [0.717, 1.165) is 5.92 Å². The van der Waals surface area contributed by atoms with Gasteiger partial charge in [-0.25, -0.2) is 4.99 Å². The fourth-order valence-corrected chi connectivity index (χ4v) is 6.54. The van der Waals surface area contributed by atoms with Gasteiger partial charge in [0.1, 0.15) is 10.4 Å². The molecule has 0 bridgehead atoms. The van der Waals surface area contributed by atoms with Crippen molar-refractivity contribution in [3.8, 4) is 0 Å². The van der Waals surface area contributed by atoms with Gasteiger partial charge >= 0.3 is 0 Å². The van der Waals surface area contributed by atoms with Gasteiger partial charge in [-0.1, -0.05) is 36.8 Å². The van der Waals surface area contributed by atoms with Crippen LogP contribution >= 0.6 is 23.1 Å². The number of rotatable bonds is 1. The van der Waals surface area contributed by atoms with Crippen LogP contribution in [-0.2, 0) is 12.8 Å². The van der Waals surface area contributed by atoms with E-state index in [4.69, 9.17) is 4.99 Å². The van der Waals surface area contributed by atoms with Crippen LogP contribution in [0.5, 0.6) is 0 Å². The maximum atomic E-state index is 4.82. The molecule has 3 aliphatic rings. The molecular formula is C20H20N2S2. The zero-order valence-corrected chi connectivity index (χ0v) is 15.6. The van der Waals surface area contributed by atoms with Crippen molar-refractivity contribution in [2.45, 2.75) is 38.5 Å². The van der Waals surface area contributed by atoms with Crippen LogP contribution in [0.4, 0.5) is 5.00 Å². The maximum Gasteiger partial charge on any atom is 0.124 e. The summed E-state index contributed by atoms with van der Waals surface area (Å²) in [6.45, 7) is 4.51. The van der Waals surface area contributed by atoms with Crippen LogP contribution < -0.4 is 0 Å². The van der Waals surface area contributed by atoms with Crippen LogP contribution in [0.2, 0.25) is 0 Å². The Morgan fingerprint density at radius 3 is 2.88 bits per heavy atom. The fourth-order valence-electron chi connectivity index (χ4n) is 3.88.